The van der Waals surface area contributed by atoms with Crippen LogP contribution in [0.4, 0.5) is 15.1 Å². The Morgan fingerprint density at radius 3 is 2.63 bits per heavy atom. The highest BCUT2D eigenvalue weighted by Gasteiger charge is 2.38. The molecule has 0 spiro atoms. The van der Waals surface area contributed by atoms with Crippen LogP contribution in [-0.2, 0) is 37.9 Å². The fraction of sp³-hybridized carbons (Fsp3) is 0.552. The van der Waals surface area contributed by atoms with Crippen LogP contribution in [0.1, 0.15) is 57.5 Å². The molecule has 2 atom stereocenters. The van der Waals surface area contributed by atoms with Gasteiger partial charge in [0.1, 0.15) is 11.4 Å². The number of phosphoric ester groups is 1. The number of aromatic amines is 1. The molecule has 2 amide bonds. The van der Waals surface area contributed by atoms with Crippen LogP contribution in [0.2, 0.25) is 0 Å². The van der Waals surface area contributed by atoms with E-state index in [4.69, 9.17) is 33.0 Å². The summed E-state index contributed by atoms with van der Waals surface area (Å²) in [6, 6.07) is 3.03. The number of ether oxygens (including phenoxy) is 3. The molecule has 4 rings (SSSR count). The van der Waals surface area contributed by atoms with E-state index in [1.807, 2.05) is 6.07 Å². The largest absolute Gasteiger partial charge is 0.475 e. The van der Waals surface area contributed by atoms with E-state index in [0.717, 1.165) is 6.42 Å². The van der Waals surface area contributed by atoms with Gasteiger partial charge in [-0.05, 0) is 39.7 Å². The Hall–Kier alpha value is -3.55. The van der Waals surface area contributed by atoms with Gasteiger partial charge in [-0.1, -0.05) is 0 Å². The summed E-state index contributed by atoms with van der Waals surface area (Å²) in [5, 5.41) is 14.1. The number of nitrogens with one attached hydrogen (secondary N) is 3. The zero-order valence-electron chi connectivity index (χ0n) is 26.3. The molecule has 15 nitrogen and oxygen atoms in total. The molecule has 0 aliphatic carbocycles. The number of halogens is 1. The van der Waals surface area contributed by atoms with Gasteiger partial charge in [0, 0.05) is 49.3 Å². The summed E-state index contributed by atoms with van der Waals surface area (Å²) in [6.45, 7) is 6.39. The number of methoxy groups -OCH3 is 1. The van der Waals surface area contributed by atoms with Gasteiger partial charge in [0.05, 0.1) is 62.7 Å². The monoisotopic (exact) mass is 663 g/mol. The highest BCUT2D eigenvalue weighted by atomic mass is 31.2. The van der Waals surface area contributed by atoms with Crippen molar-refractivity contribution in [2.45, 2.75) is 51.7 Å². The number of carbonyl (C=O) groups is 1. The molecule has 250 valence electrons. The van der Waals surface area contributed by atoms with Crippen LogP contribution in [0.25, 0.3) is 22.2 Å². The van der Waals surface area contributed by atoms with Crippen LogP contribution < -0.4 is 10.6 Å². The molecule has 1 fully saturated rings. The number of nitriles is 1. The maximum absolute atomic E-state index is 16.2. The molecular formula is C29H39FN7O8P. The number of benzene rings is 1. The van der Waals surface area contributed by atoms with E-state index >= 15 is 4.39 Å². The third-order valence-corrected chi connectivity index (χ3v) is 8.46. The second-order valence-corrected chi connectivity index (χ2v) is 12.2. The summed E-state index contributed by atoms with van der Waals surface area (Å²) in [7, 11) is -2.64. The van der Waals surface area contributed by atoms with Gasteiger partial charge in [0.15, 0.2) is 5.82 Å². The Morgan fingerprint density at radius 1 is 1.22 bits per heavy atom. The van der Waals surface area contributed by atoms with Gasteiger partial charge in [-0.3, -0.25) is 18.9 Å². The van der Waals surface area contributed by atoms with Crippen LogP contribution in [-0.4, -0.2) is 79.3 Å². The number of amides is 2. The van der Waals surface area contributed by atoms with Crippen LogP contribution in [0.15, 0.2) is 18.5 Å². The molecule has 3 heterocycles. The number of H-pyrrole nitrogens is 1. The number of hydrogen-bond acceptors (Lipinski definition) is 12. The van der Waals surface area contributed by atoms with Crippen LogP contribution in [0.5, 0.6) is 0 Å². The van der Waals surface area contributed by atoms with Crippen molar-refractivity contribution in [1.29, 1.82) is 5.26 Å². The predicted octanol–water partition coefficient (Wildman–Crippen LogP) is 5.12. The number of urea groups is 1. The zero-order valence-corrected chi connectivity index (χ0v) is 27.2. The Kier molecular flexibility index (Phi) is 12.5. The lowest BCUT2D eigenvalue weighted by molar-refractivity contribution is 0.00738. The first-order valence-electron chi connectivity index (χ1n) is 14.9. The summed E-state index contributed by atoms with van der Waals surface area (Å²) in [5.41, 5.74) is 0.273. The predicted molar refractivity (Wildman–Crippen MR) is 164 cm³/mol. The minimum absolute atomic E-state index is 0.0315. The summed E-state index contributed by atoms with van der Waals surface area (Å²) < 4.78 is 62.4. The number of phosphoric acid groups is 1. The topological polar surface area (TPSA) is 192 Å². The van der Waals surface area contributed by atoms with E-state index in [1.165, 1.54) is 12.4 Å². The number of aromatic nitrogens is 4. The van der Waals surface area contributed by atoms with E-state index < -0.39 is 31.4 Å². The number of imidazole rings is 1. The minimum atomic E-state index is -4.19. The summed E-state index contributed by atoms with van der Waals surface area (Å²) in [6.07, 6.45) is 3.68. The maximum Gasteiger partial charge on any atom is 0.475 e. The molecule has 2 aromatic heterocycles. The van der Waals surface area contributed by atoms with Crippen LogP contribution >= 0.6 is 7.82 Å². The standard InChI is InChI=1S/C29H39FN7O8P/c1-5-32-28(38)37-27-35-21-16-20(24(30)23(25(21)36-27)22-8-6-10-42-22)19-17-33-26(34-18-19)29(2,3)45-46(39,43-11-7-9-31)44-15-14-41-13-12-40-4/h16-18,22H,5-8,10-15H2,1-4H3,(H3,32,35,36,37,38). The first-order chi connectivity index (χ1) is 22.1. The smallest absolute Gasteiger partial charge is 0.382 e. The summed E-state index contributed by atoms with van der Waals surface area (Å²) in [5.74, 6) is -0.262. The molecule has 2 unspecified atom stereocenters. The maximum atomic E-state index is 16.2. The lowest BCUT2D eigenvalue weighted by atomic mass is 9.98. The van der Waals surface area contributed by atoms with Crippen LogP contribution in [0.3, 0.4) is 0 Å². The minimum Gasteiger partial charge on any atom is -0.382 e. The number of hydrogen-bond donors (Lipinski definition) is 3. The third kappa shape index (κ3) is 9.04. The average Bonchev–Trinajstić information content (AvgIpc) is 3.69. The van der Waals surface area contributed by atoms with Crippen molar-refractivity contribution in [2.75, 3.05) is 58.6 Å². The highest BCUT2D eigenvalue weighted by Crippen LogP contribution is 2.54. The lowest BCUT2D eigenvalue weighted by Crippen LogP contribution is -2.28. The Balaban J connectivity index is 1.59. The van der Waals surface area contributed by atoms with Crippen molar-refractivity contribution in [3.63, 3.8) is 0 Å². The van der Waals surface area contributed by atoms with Gasteiger partial charge >= 0.3 is 13.9 Å². The van der Waals surface area contributed by atoms with Crippen molar-refractivity contribution >= 4 is 30.8 Å². The second kappa shape index (κ2) is 16.3. The van der Waals surface area contributed by atoms with Crippen molar-refractivity contribution in [3.05, 3.63) is 35.7 Å². The number of rotatable bonds is 17. The van der Waals surface area contributed by atoms with E-state index in [1.54, 1.807) is 33.9 Å². The fourth-order valence-electron chi connectivity index (χ4n) is 4.68. The molecule has 1 saturated heterocycles. The molecule has 1 aliphatic rings. The van der Waals surface area contributed by atoms with Crippen molar-refractivity contribution in [2.24, 2.45) is 0 Å². The Bertz CT molecular complexity index is 1560. The van der Waals surface area contributed by atoms with Gasteiger partial charge in [-0.15, -0.1) is 0 Å². The molecule has 3 aromatic rings. The first-order valence-corrected chi connectivity index (χ1v) is 16.3. The molecule has 1 aliphatic heterocycles. The van der Waals surface area contributed by atoms with Gasteiger partial charge < -0.3 is 24.5 Å². The van der Waals surface area contributed by atoms with Crippen molar-refractivity contribution in [1.82, 2.24) is 25.3 Å². The van der Waals surface area contributed by atoms with Crippen molar-refractivity contribution in [3.8, 4) is 17.2 Å². The SMILES string of the molecule is CCNC(=O)Nc1nc2c(C3CCCO3)c(F)c(-c3cnc(C(C)(C)OP(=O)(OCCC#N)OCCOCCOC)nc3)cc2[nH]1. The highest BCUT2D eigenvalue weighted by molar-refractivity contribution is 7.48. The van der Waals surface area contributed by atoms with E-state index in [2.05, 4.69) is 30.6 Å². The zero-order chi connectivity index (χ0) is 33.2. The number of carbonyl (C=O) groups excluding carboxylic acids is 1. The van der Waals surface area contributed by atoms with E-state index in [9.17, 15) is 9.36 Å². The quantitative estimate of drug-likeness (QED) is 0.128. The van der Waals surface area contributed by atoms with Gasteiger partial charge in [-0.2, -0.15) is 5.26 Å². The molecule has 0 radical (unpaired) electrons. The lowest BCUT2D eigenvalue weighted by Gasteiger charge is -2.28. The van der Waals surface area contributed by atoms with Gasteiger partial charge in [0.25, 0.3) is 0 Å². The van der Waals surface area contributed by atoms with E-state index in [0.29, 0.717) is 49.4 Å². The number of nitrogens with zero attached hydrogens (tertiary/aromatic N) is 4. The summed E-state index contributed by atoms with van der Waals surface area (Å²) in [4.78, 5) is 28.4. The Morgan fingerprint density at radius 2 is 1.96 bits per heavy atom. The summed E-state index contributed by atoms with van der Waals surface area (Å²) >= 11 is 0. The van der Waals surface area contributed by atoms with Gasteiger partial charge in [0.2, 0.25) is 5.95 Å². The molecule has 0 bridgehead atoms. The normalized spacial score (nSPS) is 16.3. The molecule has 17 heteroatoms. The number of fused-ring (bicyclic) bond motifs is 1. The van der Waals surface area contributed by atoms with Gasteiger partial charge in [-0.25, -0.2) is 28.7 Å². The third-order valence-electron chi connectivity index (χ3n) is 6.78. The molecule has 1 aromatic carbocycles. The molecule has 46 heavy (non-hydrogen) atoms. The van der Waals surface area contributed by atoms with Crippen molar-refractivity contribution < 1.29 is 41.5 Å². The second-order valence-electron chi connectivity index (χ2n) is 10.6. The molecule has 3 N–H and O–H groups in total. The molecule has 0 saturated carbocycles. The first kappa shape index (κ1) is 35.3. The number of anilines is 1. The average molecular weight is 664 g/mol. The van der Waals surface area contributed by atoms with Crippen LogP contribution in [0, 0.1) is 17.1 Å². The molecular weight excluding hydrogens is 624 g/mol. The van der Waals surface area contributed by atoms with E-state index in [-0.39, 0.29) is 49.1 Å². The Labute approximate surface area is 266 Å². The fourth-order valence-corrected chi connectivity index (χ4v) is 6.11.